The van der Waals surface area contributed by atoms with Crippen LogP contribution in [0, 0.1) is 6.92 Å². The Morgan fingerprint density at radius 3 is 2.96 bits per heavy atom. The molecule has 118 valence electrons. The second-order valence-electron chi connectivity index (χ2n) is 5.02. The number of H-pyrrole nitrogens is 1. The van der Waals surface area contributed by atoms with Crippen LogP contribution in [0.4, 0.5) is 5.82 Å². The lowest BCUT2D eigenvalue weighted by Crippen LogP contribution is -2.10. The topological polar surface area (TPSA) is 118 Å². The van der Waals surface area contributed by atoms with E-state index in [4.69, 9.17) is 5.73 Å². The molecule has 3 aromatic rings. The predicted octanol–water partition coefficient (Wildman–Crippen LogP) is 1.08. The Kier molecular flexibility index (Phi) is 4.53. The molecular formula is C15H18N8. The lowest BCUT2D eigenvalue weighted by molar-refractivity contribution is 0.883. The van der Waals surface area contributed by atoms with Crippen molar-refractivity contribution in [3.8, 4) is 11.4 Å². The number of aromatic amines is 1. The van der Waals surface area contributed by atoms with Crippen molar-refractivity contribution in [3.05, 3.63) is 47.9 Å². The first-order chi connectivity index (χ1) is 11.2. The molecule has 0 spiro atoms. The summed E-state index contributed by atoms with van der Waals surface area (Å²) < 4.78 is 0. The van der Waals surface area contributed by atoms with Gasteiger partial charge in [0.15, 0.2) is 5.82 Å². The van der Waals surface area contributed by atoms with Gasteiger partial charge in [0.25, 0.3) is 0 Å². The molecule has 3 rings (SSSR count). The van der Waals surface area contributed by atoms with Gasteiger partial charge in [-0.3, -0.25) is 10.1 Å². The lowest BCUT2D eigenvalue weighted by Gasteiger charge is -2.06. The van der Waals surface area contributed by atoms with E-state index in [0.29, 0.717) is 31.2 Å². The molecule has 8 heteroatoms. The first-order valence-electron chi connectivity index (χ1n) is 7.35. The average Bonchev–Trinajstić information content (AvgIpc) is 3.04. The summed E-state index contributed by atoms with van der Waals surface area (Å²) in [6.45, 7) is 2.93. The molecule has 3 aromatic heterocycles. The maximum Gasteiger partial charge on any atom is 0.182 e. The van der Waals surface area contributed by atoms with Gasteiger partial charge in [0.2, 0.25) is 0 Å². The summed E-state index contributed by atoms with van der Waals surface area (Å²) in [5.41, 5.74) is 7.33. The predicted molar refractivity (Wildman–Crippen MR) is 86.5 cm³/mol. The number of hydrogen-bond acceptors (Lipinski definition) is 7. The standard InChI is InChI=1S/C15H18N8/c1-10-19-12(8-16)7-14(20-10)18-6-4-13-21-15(23-22-13)11-3-2-5-17-9-11/h2-3,5,7,9H,4,6,8,16H2,1H3,(H,18,19,20)(H,21,22,23). The van der Waals surface area contributed by atoms with Gasteiger partial charge < -0.3 is 11.1 Å². The smallest absolute Gasteiger partial charge is 0.182 e. The van der Waals surface area contributed by atoms with Crippen LogP contribution in [0.15, 0.2) is 30.6 Å². The Bertz CT molecular complexity index is 768. The van der Waals surface area contributed by atoms with Crippen LogP contribution in [0.1, 0.15) is 17.3 Å². The fourth-order valence-corrected chi connectivity index (χ4v) is 2.16. The molecule has 0 radical (unpaired) electrons. The molecule has 0 aliphatic heterocycles. The van der Waals surface area contributed by atoms with E-state index in [1.54, 1.807) is 12.4 Å². The van der Waals surface area contributed by atoms with Crippen LogP contribution in [-0.4, -0.2) is 36.7 Å². The molecule has 0 atom stereocenters. The molecular weight excluding hydrogens is 292 g/mol. The number of anilines is 1. The number of hydrogen-bond donors (Lipinski definition) is 3. The highest BCUT2D eigenvalue weighted by Gasteiger charge is 2.06. The van der Waals surface area contributed by atoms with Crippen LogP contribution >= 0.6 is 0 Å². The average molecular weight is 310 g/mol. The van der Waals surface area contributed by atoms with Crippen molar-refractivity contribution in [2.45, 2.75) is 19.9 Å². The van der Waals surface area contributed by atoms with Gasteiger partial charge in [-0.2, -0.15) is 5.10 Å². The van der Waals surface area contributed by atoms with Gasteiger partial charge in [0.05, 0.1) is 5.69 Å². The van der Waals surface area contributed by atoms with Crippen molar-refractivity contribution < 1.29 is 0 Å². The third-order valence-electron chi connectivity index (χ3n) is 3.22. The summed E-state index contributed by atoms with van der Waals surface area (Å²) in [4.78, 5) is 17.1. The lowest BCUT2D eigenvalue weighted by atomic mass is 10.3. The zero-order valence-electron chi connectivity index (χ0n) is 12.8. The molecule has 4 N–H and O–H groups in total. The van der Waals surface area contributed by atoms with Crippen molar-refractivity contribution in [3.63, 3.8) is 0 Å². The molecule has 0 aliphatic rings. The molecule has 0 fully saturated rings. The Labute approximate surface area is 133 Å². The molecule has 0 bridgehead atoms. The fourth-order valence-electron chi connectivity index (χ4n) is 2.16. The first-order valence-corrected chi connectivity index (χ1v) is 7.35. The van der Waals surface area contributed by atoms with Crippen LogP contribution < -0.4 is 11.1 Å². The van der Waals surface area contributed by atoms with Gasteiger partial charge in [-0.1, -0.05) is 0 Å². The molecule has 8 nitrogen and oxygen atoms in total. The van der Waals surface area contributed by atoms with Gasteiger partial charge in [-0.25, -0.2) is 15.0 Å². The minimum Gasteiger partial charge on any atom is -0.370 e. The van der Waals surface area contributed by atoms with E-state index in [1.165, 1.54) is 0 Å². The second kappa shape index (κ2) is 6.93. The fraction of sp³-hybridized carbons (Fsp3) is 0.267. The van der Waals surface area contributed by atoms with Crippen LogP contribution in [0.25, 0.3) is 11.4 Å². The van der Waals surface area contributed by atoms with Crippen molar-refractivity contribution in [1.29, 1.82) is 0 Å². The normalized spacial score (nSPS) is 10.7. The largest absolute Gasteiger partial charge is 0.370 e. The Balaban J connectivity index is 1.59. The van der Waals surface area contributed by atoms with Gasteiger partial charge in [-0.15, -0.1) is 0 Å². The highest BCUT2D eigenvalue weighted by molar-refractivity contribution is 5.52. The van der Waals surface area contributed by atoms with E-state index < -0.39 is 0 Å². The summed E-state index contributed by atoms with van der Waals surface area (Å²) >= 11 is 0. The van der Waals surface area contributed by atoms with E-state index in [1.807, 2.05) is 25.1 Å². The Hall–Kier alpha value is -2.87. The first kappa shape index (κ1) is 15.0. The van der Waals surface area contributed by atoms with Crippen LogP contribution in [0.5, 0.6) is 0 Å². The zero-order chi connectivity index (χ0) is 16.1. The number of aryl methyl sites for hydroxylation is 1. The maximum atomic E-state index is 5.62. The van der Waals surface area contributed by atoms with E-state index in [-0.39, 0.29) is 0 Å². The van der Waals surface area contributed by atoms with Crippen molar-refractivity contribution >= 4 is 5.82 Å². The molecule has 0 unspecified atom stereocenters. The third-order valence-corrected chi connectivity index (χ3v) is 3.22. The minimum atomic E-state index is 0.397. The molecule has 0 saturated heterocycles. The van der Waals surface area contributed by atoms with Gasteiger partial charge in [-0.05, 0) is 19.1 Å². The number of rotatable bonds is 6. The van der Waals surface area contributed by atoms with Gasteiger partial charge >= 0.3 is 0 Å². The van der Waals surface area contributed by atoms with Crippen molar-refractivity contribution in [2.24, 2.45) is 5.73 Å². The van der Waals surface area contributed by atoms with Crippen LogP contribution in [0.2, 0.25) is 0 Å². The van der Waals surface area contributed by atoms with E-state index in [2.05, 4.69) is 35.5 Å². The molecule has 23 heavy (non-hydrogen) atoms. The highest BCUT2D eigenvalue weighted by Crippen LogP contribution is 2.12. The zero-order valence-corrected chi connectivity index (χ0v) is 12.8. The Morgan fingerprint density at radius 1 is 1.26 bits per heavy atom. The quantitative estimate of drug-likeness (QED) is 0.623. The van der Waals surface area contributed by atoms with E-state index >= 15 is 0 Å². The van der Waals surface area contributed by atoms with E-state index in [9.17, 15) is 0 Å². The number of aromatic nitrogens is 6. The van der Waals surface area contributed by atoms with Crippen LogP contribution in [-0.2, 0) is 13.0 Å². The number of nitrogens with zero attached hydrogens (tertiary/aromatic N) is 5. The Morgan fingerprint density at radius 2 is 2.17 bits per heavy atom. The maximum absolute atomic E-state index is 5.62. The monoisotopic (exact) mass is 310 g/mol. The minimum absolute atomic E-state index is 0.397. The molecule has 3 heterocycles. The number of nitrogens with two attached hydrogens (primary N) is 1. The molecule has 0 aromatic carbocycles. The number of pyridine rings is 1. The molecule has 0 aliphatic carbocycles. The summed E-state index contributed by atoms with van der Waals surface area (Å²) in [5, 5.41) is 10.4. The SMILES string of the molecule is Cc1nc(CN)cc(NCCc2nc(-c3cccnc3)n[nH]2)n1. The van der Waals surface area contributed by atoms with Crippen molar-refractivity contribution in [2.75, 3.05) is 11.9 Å². The molecule has 0 amide bonds. The van der Waals surface area contributed by atoms with Gasteiger partial charge in [0.1, 0.15) is 17.5 Å². The van der Waals surface area contributed by atoms with Crippen LogP contribution in [0.3, 0.4) is 0 Å². The molecule has 0 saturated carbocycles. The second-order valence-corrected chi connectivity index (χ2v) is 5.02. The van der Waals surface area contributed by atoms with E-state index in [0.717, 1.165) is 22.9 Å². The highest BCUT2D eigenvalue weighted by atomic mass is 15.2. The summed E-state index contributed by atoms with van der Waals surface area (Å²) in [6, 6.07) is 5.64. The summed E-state index contributed by atoms with van der Waals surface area (Å²) in [6.07, 6.45) is 4.16. The van der Waals surface area contributed by atoms with Crippen molar-refractivity contribution in [1.82, 2.24) is 30.1 Å². The summed E-state index contributed by atoms with van der Waals surface area (Å²) in [5.74, 6) is 2.93. The summed E-state index contributed by atoms with van der Waals surface area (Å²) in [7, 11) is 0. The third kappa shape index (κ3) is 3.86. The van der Waals surface area contributed by atoms with Gasteiger partial charge in [0, 0.05) is 43.5 Å². The number of nitrogens with one attached hydrogen (secondary N) is 2.